The van der Waals surface area contributed by atoms with Crippen LogP contribution in [0.2, 0.25) is 0 Å². The van der Waals surface area contributed by atoms with Crippen LogP contribution in [-0.4, -0.2) is 48.8 Å². The van der Waals surface area contributed by atoms with Gasteiger partial charge in [-0.05, 0) is 38.1 Å². The Bertz CT molecular complexity index is 1040. The maximum Gasteiger partial charge on any atom is 0.126 e. The third-order valence-electron chi connectivity index (χ3n) is 5.08. The summed E-state index contributed by atoms with van der Waals surface area (Å²) in [6.07, 6.45) is 6.17. The fourth-order valence-electron chi connectivity index (χ4n) is 3.37. The summed E-state index contributed by atoms with van der Waals surface area (Å²) in [6.45, 7) is 4.23. The van der Waals surface area contributed by atoms with E-state index < -0.39 is 12.2 Å². The molecule has 0 spiro atoms. The molecule has 0 bridgehead atoms. The highest BCUT2D eigenvalue weighted by atomic mass is 16.5. The van der Waals surface area contributed by atoms with Crippen LogP contribution >= 0.6 is 0 Å². The monoisotopic (exact) mass is 490 g/mol. The number of hydrogen-bond acceptors (Lipinski definition) is 6. The second-order valence-electron chi connectivity index (χ2n) is 8.10. The highest BCUT2D eigenvalue weighted by Crippen LogP contribution is 2.22. The van der Waals surface area contributed by atoms with E-state index >= 15 is 0 Å². The minimum absolute atomic E-state index is 0.0668. The van der Waals surface area contributed by atoms with E-state index in [1.807, 2.05) is 86.7 Å². The molecular formula is C30H34O6. The molecule has 0 radical (unpaired) electrons. The van der Waals surface area contributed by atoms with Crippen molar-refractivity contribution in [2.45, 2.75) is 26.1 Å². The number of aliphatic hydroxyl groups excluding tert-OH is 2. The van der Waals surface area contributed by atoms with Gasteiger partial charge in [-0.1, -0.05) is 66.8 Å². The molecule has 0 heterocycles. The van der Waals surface area contributed by atoms with Crippen molar-refractivity contribution < 1.29 is 29.2 Å². The standard InChI is InChI=1S/C30H34O6/c1-3-10-23-12-5-7-16-29(23)35-21-25(31)19-33-27-14-9-15-28(18-27)34-20-26(32)22-36-30-17-8-6-13-24(30)11-4-2/h3-18,25-26,31-32H,19-22H2,1-2H3/b10-3+,11-4+. The van der Waals surface area contributed by atoms with E-state index in [1.54, 1.807) is 24.3 Å². The number of para-hydroxylation sites is 2. The first-order chi connectivity index (χ1) is 17.6. The highest BCUT2D eigenvalue weighted by Gasteiger charge is 2.11. The first kappa shape index (κ1) is 26.9. The maximum atomic E-state index is 10.3. The van der Waals surface area contributed by atoms with Gasteiger partial charge in [0.15, 0.2) is 0 Å². The summed E-state index contributed by atoms with van der Waals surface area (Å²) in [6, 6.07) is 22.4. The Balaban J connectivity index is 1.42. The molecule has 2 unspecified atom stereocenters. The van der Waals surface area contributed by atoms with Gasteiger partial charge >= 0.3 is 0 Å². The molecule has 0 saturated carbocycles. The van der Waals surface area contributed by atoms with Crippen molar-refractivity contribution in [3.63, 3.8) is 0 Å². The fourth-order valence-corrected chi connectivity index (χ4v) is 3.37. The van der Waals surface area contributed by atoms with Gasteiger partial charge in [0.05, 0.1) is 0 Å². The predicted octanol–water partition coefficient (Wildman–Crippen LogP) is 5.39. The second kappa shape index (κ2) is 14.6. The van der Waals surface area contributed by atoms with Crippen molar-refractivity contribution >= 4 is 12.2 Å². The molecule has 3 aromatic carbocycles. The van der Waals surface area contributed by atoms with Gasteiger partial charge in [0.1, 0.15) is 61.6 Å². The number of aliphatic hydroxyl groups is 2. The van der Waals surface area contributed by atoms with Crippen LogP contribution in [0.15, 0.2) is 84.9 Å². The lowest BCUT2D eigenvalue weighted by molar-refractivity contribution is 0.0600. The van der Waals surface area contributed by atoms with Crippen LogP contribution in [0.5, 0.6) is 23.0 Å². The zero-order valence-corrected chi connectivity index (χ0v) is 20.7. The van der Waals surface area contributed by atoms with Crippen molar-refractivity contribution in [3.05, 3.63) is 96.1 Å². The molecule has 2 atom stereocenters. The Kier molecular flexibility index (Phi) is 10.9. The molecule has 0 aliphatic carbocycles. The molecule has 6 heteroatoms. The highest BCUT2D eigenvalue weighted by molar-refractivity contribution is 5.57. The van der Waals surface area contributed by atoms with Crippen molar-refractivity contribution in [1.29, 1.82) is 0 Å². The third kappa shape index (κ3) is 8.80. The van der Waals surface area contributed by atoms with Crippen molar-refractivity contribution in [1.82, 2.24) is 0 Å². The van der Waals surface area contributed by atoms with Crippen LogP contribution in [0, 0.1) is 0 Å². The molecule has 36 heavy (non-hydrogen) atoms. The minimum Gasteiger partial charge on any atom is -0.491 e. The molecule has 3 aromatic rings. The normalized spacial score (nSPS) is 13.0. The van der Waals surface area contributed by atoms with E-state index in [9.17, 15) is 10.2 Å². The van der Waals surface area contributed by atoms with Crippen molar-refractivity contribution in [2.75, 3.05) is 26.4 Å². The molecule has 0 fully saturated rings. The summed E-state index contributed by atoms with van der Waals surface area (Å²) in [5.74, 6) is 2.51. The SMILES string of the molecule is C/C=C/c1ccccc1OCC(O)COc1cccc(OCC(O)COc2ccccc2/C=C/C)c1. The molecule has 0 saturated heterocycles. The second-order valence-corrected chi connectivity index (χ2v) is 8.10. The van der Waals surface area contributed by atoms with E-state index in [4.69, 9.17) is 18.9 Å². The third-order valence-corrected chi connectivity index (χ3v) is 5.08. The Morgan fingerprint density at radius 2 is 1.00 bits per heavy atom. The summed E-state index contributed by atoms with van der Waals surface area (Å²) >= 11 is 0. The van der Waals surface area contributed by atoms with Gasteiger partial charge in [-0.3, -0.25) is 0 Å². The lowest BCUT2D eigenvalue weighted by Crippen LogP contribution is -2.25. The van der Waals surface area contributed by atoms with Crippen LogP contribution in [0.3, 0.4) is 0 Å². The molecule has 0 aromatic heterocycles. The lowest BCUT2D eigenvalue weighted by Gasteiger charge is -2.16. The zero-order valence-electron chi connectivity index (χ0n) is 20.7. The molecule has 6 nitrogen and oxygen atoms in total. The molecule has 0 amide bonds. The van der Waals surface area contributed by atoms with Crippen LogP contribution in [-0.2, 0) is 0 Å². The quantitative estimate of drug-likeness (QED) is 0.316. The zero-order chi connectivity index (χ0) is 25.6. The number of rotatable bonds is 14. The summed E-state index contributed by atoms with van der Waals surface area (Å²) in [4.78, 5) is 0. The summed E-state index contributed by atoms with van der Waals surface area (Å²) in [7, 11) is 0. The number of benzene rings is 3. The van der Waals surface area contributed by atoms with Crippen molar-refractivity contribution in [2.24, 2.45) is 0 Å². The van der Waals surface area contributed by atoms with E-state index in [0.29, 0.717) is 23.0 Å². The van der Waals surface area contributed by atoms with E-state index in [-0.39, 0.29) is 26.4 Å². The minimum atomic E-state index is -0.808. The van der Waals surface area contributed by atoms with Gasteiger partial charge < -0.3 is 29.2 Å². The molecule has 3 rings (SSSR count). The molecule has 190 valence electrons. The van der Waals surface area contributed by atoms with Gasteiger partial charge in [0, 0.05) is 17.2 Å². The predicted molar refractivity (Wildman–Crippen MR) is 143 cm³/mol. The smallest absolute Gasteiger partial charge is 0.126 e. The van der Waals surface area contributed by atoms with Gasteiger partial charge in [-0.15, -0.1) is 0 Å². The van der Waals surface area contributed by atoms with Crippen LogP contribution < -0.4 is 18.9 Å². The lowest BCUT2D eigenvalue weighted by atomic mass is 10.2. The number of allylic oxidation sites excluding steroid dienone is 2. The number of hydrogen-bond donors (Lipinski definition) is 2. The van der Waals surface area contributed by atoms with Crippen LogP contribution in [0.25, 0.3) is 12.2 Å². The Hall–Kier alpha value is -3.74. The topological polar surface area (TPSA) is 77.4 Å². The first-order valence-electron chi connectivity index (χ1n) is 12.0. The Labute approximate surface area is 213 Å². The van der Waals surface area contributed by atoms with Gasteiger partial charge in [0.25, 0.3) is 0 Å². The van der Waals surface area contributed by atoms with Gasteiger partial charge in [-0.25, -0.2) is 0 Å². The Morgan fingerprint density at radius 3 is 1.44 bits per heavy atom. The van der Waals surface area contributed by atoms with Gasteiger partial charge in [-0.2, -0.15) is 0 Å². The van der Waals surface area contributed by atoms with E-state index in [2.05, 4.69) is 0 Å². The Morgan fingerprint density at radius 1 is 0.583 bits per heavy atom. The maximum absolute atomic E-state index is 10.3. The largest absolute Gasteiger partial charge is 0.491 e. The van der Waals surface area contributed by atoms with E-state index in [0.717, 1.165) is 11.1 Å². The van der Waals surface area contributed by atoms with Crippen molar-refractivity contribution in [3.8, 4) is 23.0 Å². The summed E-state index contributed by atoms with van der Waals surface area (Å²) < 4.78 is 22.9. The van der Waals surface area contributed by atoms with Gasteiger partial charge in [0.2, 0.25) is 0 Å². The molecule has 0 aliphatic rings. The average Bonchev–Trinajstić information content (AvgIpc) is 2.90. The van der Waals surface area contributed by atoms with Crippen LogP contribution in [0.1, 0.15) is 25.0 Å². The van der Waals surface area contributed by atoms with Crippen LogP contribution in [0.4, 0.5) is 0 Å². The molecule has 0 aliphatic heterocycles. The summed E-state index contributed by atoms with van der Waals surface area (Å²) in [5, 5.41) is 20.6. The fraction of sp³-hybridized carbons (Fsp3) is 0.267. The first-order valence-corrected chi connectivity index (χ1v) is 12.0. The number of ether oxygens (including phenoxy) is 4. The van der Waals surface area contributed by atoms with E-state index in [1.165, 1.54) is 0 Å². The molecule has 2 N–H and O–H groups in total. The summed E-state index contributed by atoms with van der Waals surface area (Å²) in [5.41, 5.74) is 1.90. The molecular weight excluding hydrogens is 456 g/mol. The average molecular weight is 491 g/mol.